The molecule has 4 aromatic rings. The Morgan fingerprint density at radius 3 is 1.79 bits per heavy atom. The average Bonchev–Trinajstić information content (AvgIpc) is 3.37. The number of hydrogen-bond donors (Lipinski definition) is 4. The minimum absolute atomic E-state index is 0.00457. The lowest BCUT2D eigenvalue weighted by Gasteiger charge is -2.10. The van der Waals surface area contributed by atoms with Crippen molar-refractivity contribution in [1.82, 2.24) is 15.6 Å². The van der Waals surface area contributed by atoms with Crippen LogP contribution in [0.4, 0.5) is 22.2 Å². The minimum Gasteiger partial charge on any atom is -0.490 e. The monoisotopic (exact) mass is 641 g/mol. The summed E-state index contributed by atoms with van der Waals surface area (Å²) < 4.78 is 10.6. The number of aromatic nitrogens is 1. The van der Waals surface area contributed by atoms with Gasteiger partial charge in [-0.15, -0.1) is 0 Å². The second-order valence-electron chi connectivity index (χ2n) is 8.31. The Kier molecular flexibility index (Phi) is 9.33. The number of nitro benzene ring substituents is 2. The first kappa shape index (κ1) is 30.6. The number of anilines is 2. The summed E-state index contributed by atoms with van der Waals surface area (Å²) in [6.07, 6.45) is 0. The van der Waals surface area contributed by atoms with Crippen LogP contribution in [0.25, 0.3) is 10.2 Å². The minimum atomic E-state index is -0.671. The highest BCUT2D eigenvalue weighted by atomic mass is 32.1. The van der Waals surface area contributed by atoms with Crippen LogP contribution in [-0.2, 0) is 0 Å². The number of thiazole rings is 1. The first-order chi connectivity index (χ1) is 20.5. The Morgan fingerprint density at radius 1 is 0.791 bits per heavy atom. The van der Waals surface area contributed by atoms with Crippen LogP contribution in [0.3, 0.4) is 0 Å². The molecular formula is C25H19N7O8S3. The van der Waals surface area contributed by atoms with Crippen LogP contribution in [0.1, 0.15) is 20.7 Å². The highest BCUT2D eigenvalue weighted by Gasteiger charge is 2.20. The molecule has 1 aromatic heterocycles. The van der Waals surface area contributed by atoms with Crippen LogP contribution in [0.5, 0.6) is 11.5 Å². The third-order valence-corrected chi connectivity index (χ3v) is 6.94. The van der Waals surface area contributed by atoms with Gasteiger partial charge in [0.25, 0.3) is 11.8 Å². The summed E-state index contributed by atoms with van der Waals surface area (Å²) >= 11 is 11.6. The van der Waals surface area contributed by atoms with Gasteiger partial charge in [-0.1, -0.05) is 11.3 Å². The first-order valence-corrected chi connectivity index (χ1v) is 13.4. The van der Waals surface area contributed by atoms with Gasteiger partial charge in [0.15, 0.2) is 26.9 Å². The molecule has 0 bridgehead atoms. The molecule has 18 heteroatoms. The van der Waals surface area contributed by atoms with Crippen molar-refractivity contribution in [1.29, 1.82) is 0 Å². The Hall–Kier alpha value is -5.33. The van der Waals surface area contributed by atoms with Crippen LogP contribution < -0.4 is 30.7 Å². The summed E-state index contributed by atoms with van der Waals surface area (Å²) in [7, 11) is 2.57. The Bertz CT molecular complexity index is 1720. The standard InChI is InChI=1S/C25H19N7O8S3/c1-39-18-7-3-12(9-16(18)31(35)36)21(33)28-23(41)26-14-5-6-15-20(11-14)43-25(27-15)30-24(42)29-22(34)13-4-8-19(40-2)17(10-13)32(37)38/h3-11H,1-2H3,(H2,26,28,33,41)(H2,27,29,30,34,42). The molecule has 2 amide bonds. The Labute approximate surface area is 256 Å². The summed E-state index contributed by atoms with van der Waals surface area (Å²) in [5.41, 5.74) is 0.402. The van der Waals surface area contributed by atoms with Crippen molar-refractivity contribution in [3.05, 3.63) is 86.0 Å². The summed E-state index contributed by atoms with van der Waals surface area (Å²) in [5, 5.41) is 33.3. The lowest BCUT2D eigenvalue weighted by molar-refractivity contribution is -0.385. The molecule has 220 valence electrons. The van der Waals surface area contributed by atoms with Gasteiger partial charge in [0.2, 0.25) is 0 Å². The van der Waals surface area contributed by atoms with Crippen LogP contribution in [0.15, 0.2) is 54.6 Å². The second kappa shape index (κ2) is 13.1. The summed E-state index contributed by atoms with van der Waals surface area (Å²) in [4.78, 5) is 50.7. The van der Waals surface area contributed by atoms with Crippen molar-refractivity contribution in [2.45, 2.75) is 0 Å². The predicted molar refractivity (Wildman–Crippen MR) is 166 cm³/mol. The van der Waals surface area contributed by atoms with Gasteiger partial charge in [-0.05, 0) is 66.9 Å². The molecule has 15 nitrogen and oxygen atoms in total. The highest BCUT2D eigenvalue weighted by molar-refractivity contribution is 7.80. The van der Waals surface area contributed by atoms with Gasteiger partial charge in [0.05, 0.1) is 34.3 Å². The van der Waals surface area contributed by atoms with E-state index in [1.807, 2.05) is 0 Å². The first-order valence-electron chi connectivity index (χ1n) is 11.8. The Morgan fingerprint density at radius 2 is 1.30 bits per heavy atom. The molecule has 0 fully saturated rings. The number of carbonyl (C=O) groups is 2. The van der Waals surface area contributed by atoms with E-state index in [-0.39, 0.29) is 44.2 Å². The van der Waals surface area contributed by atoms with Crippen LogP contribution in [0, 0.1) is 20.2 Å². The quantitative estimate of drug-likeness (QED) is 0.120. The predicted octanol–water partition coefficient (Wildman–Crippen LogP) is 4.38. The van der Waals surface area contributed by atoms with Crippen molar-refractivity contribution >= 4 is 90.2 Å². The third kappa shape index (κ3) is 7.31. The van der Waals surface area contributed by atoms with Gasteiger partial charge >= 0.3 is 11.4 Å². The van der Waals surface area contributed by atoms with E-state index >= 15 is 0 Å². The molecule has 43 heavy (non-hydrogen) atoms. The molecule has 0 aliphatic heterocycles. The fraction of sp³-hybridized carbons (Fsp3) is 0.0800. The number of carbonyl (C=O) groups excluding carboxylic acids is 2. The number of nitro groups is 2. The average molecular weight is 642 g/mol. The zero-order chi connectivity index (χ0) is 31.3. The molecular weight excluding hydrogens is 623 g/mol. The number of thiocarbonyl (C=S) groups is 2. The van der Waals surface area contributed by atoms with Crippen LogP contribution in [0.2, 0.25) is 0 Å². The number of fused-ring (bicyclic) bond motifs is 1. The molecule has 1 heterocycles. The molecule has 0 saturated heterocycles. The maximum atomic E-state index is 12.6. The van der Waals surface area contributed by atoms with Gasteiger partial charge in [-0.3, -0.25) is 40.5 Å². The normalized spacial score (nSPS) is 10.4. The molecule has 0 atom stereocenters. The zero-order valence-corrected chi connectivity index (χ0v) is 24.5. The SMILES string of the molecule is COc1ccc(C(=O)NC(=S)Nc2ccc3nc(NC(=S)NC(=O)c4ccc(OC)c([N+](=O)[O-])c4)sc3c2)cc1[N+](=O)[O-]. The van der Waals surface area contributed by atoms with Crippen molar-refractivity contribution in [3.8, 4) is 11.5 Å². The molecule has 0 radical (unpaired) electrons. The molecule has 0 aliphatic rings. The summed E-state index contributed by atoms with van der Waals surface area (Å²) in [6.45, 7) is 0. The topological polar surface area (TPSA) is 200 Å². The van der Waals surface area contributed by atoms with E-state index in [2.05, 4.69) is 26.3 Å². The summed E-state index contributed by atoms with van der Waals surface area (Å²) in [6, 6.07) is 12.6. The van der Waals surface area contributed by atoms with Gasteiger partial charge in [0, 0.05) is 28.9 Å². The van der Waals surface area contributed by atoms with Crippen LogP contribution in [-0.4, -0.2) is 51.1 Å². The molecule has 0 saturated carbocycles. The van der Waals surface area contributed by atoms with Gasteiger partial charge < -0.3 is 20.1 Å². The number of nitrogens with zero attached hydrogens (tertiary/aromatic N) is 3. The fourth-order valence-corrected chi connectivity index (χ4v) is 5.02. The van der Waals surface area contributed by atoms with Gasteiger partial charge in [-0.25, -0.2) is 4.98 Å². The molecule has 4 N–H and O–H groups in total. The van der Waals surface area contributed by atoms with E-state index in [1.54, 1.807) is 18.2 Å². The van der Waals surface area contributed by atoms with E-state index in [0.717, 1.165) is 12.1 Å². The van der Waals surface area contributed by atoms with E-state index in [0.29, 0.717) is 21.0 Å². The molecule has 3 aromatic carbocycles. The maximum absolute atomic E-state index is 12.6. The molecule has 0 unspecified atom stereocenters. The van der Waals surface area contributed by atoms with E-state index in [9.17, 15) is 29.8 Å². The molecule has 0 aliphatic carbocycles. The largest absolute Gasteiger partial charge is 0.490 e. The van der Waals surface area contributed by atoms with Crippen molar-refractivity contribution < 1.29 is 28.9 Å². The summed E-state index contributed by atoms with van der Waals surface area (Å²) in [5.74, 6) is -1.30. The third-order valence-electron chi connectivity index (χ3n) is 5.60. The lowest BCUT2D eigenvalue weighted by Crippen LogP contribution is -2.34. The zero-order valence-electron chi connectivity index (χ0n) is 22.0. The van der Waals surface area contributed by atoms with E-state index in [1.165, 1.54) is 49.8 Å². The number of benzene rings is 3. The number of ether oxygens (including phenoxy) is 2. The molecule has 4 rings (SSSR count). The van der Waals surface area contributed by atoms with E-state index in [4.69, 9.17) is 33.9 Å². The molecule has 0 spiro atoms. The van der Waals surface area contributed by atoms with E-state index < -0.39 is 21.7 Å². The maximum Gasteiger partial charge on any atom is 0.311 e. The number of nitrogens with one attached hydrogen (secondary N) is 4. The van der Waals surface area contributed by atoms with Crippen molar-refractivity contribution in [3.63, 3.8) is 0 Å². The fourth-order valence-electron chi connectivity index (χ4n) is 3.64. The number of amides is 2. The van der Waals surface area contributed by atoms with Gasteiger partial charge in [0.1, 0.15) is 0 Å². The van der Waals surface area contributed by atoms with Crippen LogP contribution >= 0.6 is 35.8 Å². The number of hydrogen-bond acceptors (Lipinski definition) is 12. The lowest BCUT2D eigenvalue weighted by atomic mass is 10.2. The number of methoxy groups -OCH3 is 2. The van der Waals surface area contributed by atoms with Crippen molar-refractivity contribution in [2.75, 3.05) is 24.9 Å². The highest BCUT2D eigenvalue weighted by Crippen LogP contribution is 2.30. The van der Waals surface area contributed by atoms with Crippen molar-refractivity contribution in [2.24, 2.45) is 0 Å². The van der Waals surface area contributed by atoms with Gasteiger partial charge in [-0.2, -0.15) is 0 Å². The number of rotatable bonds is 8. The Balaban J connectivity index is 1.38. The smallest absolute Gasteiger partial charge is 0.311 e. The second-order valence-corrected chi connectivity index (χ2v) is 10.2.